The van der Waals surface area contributed by atoms with Gasteiger partial charge >= 0.3 is 0 Å². The van der Waals surface area contributed by atoms with E-state index in [4.69, 9.17) is 4.74 Å². The monoisotopic (exact) mass is 418 g/mol. The number of aryl methyl sites for hydroxylation is 1. The molecule has 3 aromatic rings. The first kappa shape index (κ1) is 20.2. The van der Waals surface area contributed by atoms with Gasteiger partial charge in [-0.15, -0.1) is 0 Å². The summed E-state index contributed by atoms with van der Waals surface area (Å²) >= 11 is 0. The van der Waals surface area contributed by atoms with Crippen LogP contribution in [0.4, 0.5) is 0 Å². The van der Waals surface area contributed by atoms with Gasteiger partial charge in [-0.05, 0) is 43.7 Å². The molecule has 0 unspecified atom stereocenters. The standard InChI is InChI=1S/C24H18O7/c1-10-9-16(28)20-21(22(29)12-5-4-6-14(26)19(12)23(20)30)17(10)13-7-8-15(27)18(11(2)25)24(13)31-3/h4-9,26-28H,1-3H3. The van der Waals surface area contributed by atoms with Gasteiger partial charge in [-0.2, -0.15) is 0 Å². The van der Waals surface area contributed by atoms with E-state index < -0.39 is 23.1 Å². The number of phenols is 3. The van der Waals surface area contributed by atoms with Gasteiger partial charge in [0, 0.05) is 22.3 Å². The van der Waals surface area contributed by atoms with Gasteiger partial charge in [0.05, 0.1) is 18.2 Å². The van der Waals surface area contributed by atoms with Crippen molar-refractivity contribution in [2.24, 2.45) is 0 Å². The Balaban J connectivity index is 2.14. The average Bonchev–Trinajstić information content (AvgIpc) is 2.71. The molecule has 3 aromatic carbocycles. The third-order valence-electron chi connectivity index (χ3n) is 5.43. The summed E-state index contributed by atoms with van der Waals surface area (Å²) in [5, 5.41) is 30.9. The zero-order valence-electron chi connectivity index (χ0n) is 16.9. The van der Waals surface area contributed by atoms with E-state index in [1.807, 2.05) is 0 Å². The van der Waals surface area contributed by atoms with E-state index in [9.17, 15) is 29.7 Å². The van der Waals surface area contributed by atoms with Crippen LogP contribution >= 0.6 is 0 Å². The zero-order valence-corrected chi connectivity index (χ0v) is 16.9. The third kappa shape index (κ3) is 2.78. The highest BCUT2D eigenvalue weighted by molar-refractivity contribution is 6.32. The predicted molar refractivity (Wildman–Crippen MR) is 111 cm³/mol. The summed E-state index contributed by atoms with van der Waals surface area (Å²) < 4.78 is 5.42. The summed E-state index contributed by atoms with van der Waals surface area (Å²) in [6.45, 7) is 2.92. The van der Waals surface area contributed by atoms with Crippen LogP contribution in [0.25, 0.3) is 11.1 Å². The summed E-state index contributed by atoms with van der Waals surface area (Å²) in [5.74, 6) is -2.68. The number of Topliss-reactive ketones (excluding diaryl/α,β-unsaturated/α-hetero) is 1. The van der Waals surface area contributed by atoms with Crippen LogP contribution in [0.5, 0.6) is 23.0 Å². The van der Waals surface area contributed by atoms with Crippen molar-refractivity contribution in [3.63, 3.8) is 0 Å². The number of benzene rings is 3. The van der Waals surface area contributed by atoms with Crippen LogP contribution in [-0.4, -0.2) is 39.8 Å². The Kier molecular flexibility index (Phi) is 4.54. The maximum absolute atomic E-state index is 13.5. The Bertz CT molecular complexity index is 1320. The quantitative estimate of drug-likeness (QED) is 0.433. The fraction of sp³-hybridized carbons (Fsp3) is 0.125. The Labute approximate surface area is 177 Å². The van der Waals surface area contributed by atoms with E-state index in [0.29, 0.717) is 16.7 Å². The number of ketones is 3. The van der Waals surface area contributed by atoms with Crippen molar-refractivity contribution >= 4 is 17.3 Å². The van der Waals surface area contributed by atoms with Crippen molar-refractivity contribution in [3.8, 4) is 34.1 Å². The smallest absolute Gasteiger partial charge is 0.201 e. The molecule has 7 nitrogen and oxygen atoms in total. The number of phenolic OH excluding ortho intramolecular Hbond substituents is 3. The van der Waals surface area contributed by atoms with Crippen LogP contribution < -0.4 is 4.74 Å². The Hall–Kier alpha value is -4.13. The minimum Gasteiger partial charge on any atom is -0.507 e. The number of carbonyl (C=O) groups excluding carboxylic acids is 3. The molecular weight excluding hydrogens is 400 g/mol. The lowest BCUT2D eigenvalue weighted by molar-refractivity contribution is 0.0974. The van der Waals surface area contributed by atoms with Crippen molar-refractivity contribution in [1.29, 1.82) is 0 Å². The molecule has 4 rings (SSSR count). The Morgan fingerprint density at radius 3 is 2.16 bits per heavy atom. The van der Waals surface area contributed by atoms with Gasteiger partial charge < -0.3 is 20.1 Å². The molecular formula is C24H18O7. The van der Waals surface area contributed by atoms with Crippen LogP contribution in [0.1, 0.15) is 54.7 Å². The van der Waals surface area contributed by atoms with Gasteiger partial charge in [0.2, 0.25) is 5.78 Å². The maximum Gasteiger partial charge on any atom is 0.201 e. The molecule has 31 heavy (non-hydrogen) atoms. The van der Waals surface area contributed by atoms with E-state index in [1.165, 1.54) is 50.4 Å². The largest absolute Gasteiger partial charge is 0.507 e. The number of aromatic hydroxyl groups is 3. The highest BCUT2D eigenvalue weighted by atomic mass is 16.5. The molecule has 0 saturated carbocycles. The number of hydrogen-bond acceptors (Lipinski definition) is 7. The van der Waals surface area contributed by atoms with Gasteiger partial charge in [0.1, 0.15) is 28.6 Å². The molecule has 0 spiro atoms. The number of methoxy groups -OCH3 is 1. The molecule has 1 aliphatic carbocycles. The van der Waals surface area contributed by atoms with Gasteiger partial charge in [-0.3, -0.25) is 14.4 Å². The lowest BCUT2D eigenvalue weighted by Crippen LogP contribution is -2.22. The summed E-state index contributed by atoms with van der Waals surface area (Å²) in [4.78, 5) is 38.8. The first-order valence-electron chi connectivity index (χ1n) is 9.38. The first-order chi connectivity index (χ1) is 14.7. The molecule has 0 fully saturated rings. The number of fused-ring (bicyclic) bond motifs is 2. The molecule has 3 N–H and O–H groups in total. The maximum atomic E-state index is 13.5. The highest BCUT2D eigenvalue weighted by Gasteiger charge is 2.37. The molecule has 0 heterocycles. The number of rotatable bonds is 3. The fourth-order valence-corrected chi connectivity index (χ4v) is 4.15. The molecule has 7 heteroatoms. The number of ether oxygens (including phenoxy) is 1. The first-order valence-corrected chi connectivity index (χ1v) is 9.38. The molecule has 1 aliphatic rings. The van der Waals surface area contributed by atoms with Crippen LogP contribution in [-0.2, 0) is 0 Å². The number of hydrogen-bond donors (Lipinski definition) is 3. The molecule has 0 radical (unpaired) electrons. The molecule has 0 saturated heterocycles. The van der Waals surface area contributed by atoms with Gasteiger partial charge in [-0.1, -0.05) is 12.1 Å². The van der Waals surface area contributed by atoms with Gasteiger partial charge in [-0.25, -0.2) is 0 Å². The van der Waals surface area contributed by atoms with Crippen LogP contribution in [0, 0.1) is 6.92 Å². The van der Waals surface area contributed by atoms with Crippen LogP contribution in [0.15, 0.2) is 36.4 Å². The molecule has 0 bridgehead atoms. The average molecular weight is 418 g/mol. The lowest BCUT2D eigenvalue weighted by Gasteiger charge is -2.24. The van der Waals surface area contributed by atoms with Crippen molar-refractivity contribution in [2.75, 3.05) is 7.11 Å². The second-order valence-electron chi connectivity index (χ2n) is 7.29. The Morgan fingerprint density at radius 1 is 0.806 bits per heavy atom. The fourth-order valence-electron chi connectivity index (χ4n) is 4.15. The van der Waals surface area contributed by atoms with Crippen molar-refractivity contribution in [1.82, 2.24) is 0 Å². The van der Waals surface area contributed by atoms with E-state index in [1.54, 1.807) is 6.92 Å². The third-order valence-corrected chi connectivity index (χ3v) is 5.43. The van der Waals surface area contributed by atoms with Crippen molar-refractivity contribution < 1.29 is 34.4 Å². The van der Waals surface area contributed by atoms with Crippen molar-refractivity contribution in [3.05, 3.63) is 69.8 Å². The molecule has 156 valence electrons. The van der Waals surface area contributed by atoms with E-state index in [0.717, 1.165) is 0 Å². The molecule has 0 aromatic heterocycles. The lowest BCUT2D eigenvalue weighted by atomic mass is 9.77. The van der Waals surface area contributed by atoms with E-state index in [2.05, 4.69) is 0 Å². The Morgan fingerprint density at radius 2 is 1.52 bits per heavy atom. The molecule has 0 atom stereocenters. The van der Waals surface area contributed by atoms with Crippen LogP contribution in [0.3, 0.4) is 0 Å². The van der Waals surface area contributed by atoms with Crippen molar-refractivity contribution in [2.45, 2.75) is 13.8 Å². The zero-order chi connectivity index (χ0) is 22.6. The summed E-state index contributed by atoms with van der Waals surface area (Å²) in [5.41, 5.74) is 0.538. The minimum absolute atomic E-state index is 0.00767. The molecule has 0 amide bonds. The summed E-state index contributed by atoms with van der Waals surface area (Å²) in [6, 6.07) is 8.30. The minimum atomic E-state index is -0.689. The summed E-state index contributed by atoms with van der Waals surface area (Å²) in [7, 11) is 1.33. The van der Waals surface area contributed by atoms with Gasteiger partial charge in [0.15, 0.2) is 11.6 Å². The van der Waals surface area contributed by atoms with E-state index in [-0.39, 0.29) is 45.1 Å². The second kappa shape index (κ2) is 6.98. The molecule has 0 aliphatic heterocycles. The summed E-state index contributed by atoms with van der Waals surface area (Å²) in [6.07, 6.45) is 0. The highest BCUT2D eigenvalue weighted by Crippen LogP contribution is 2.46. The van der Waals surface area contributed by atoms with Crippen LogP contribution in [0.2, 0.25) is 0 Å². The number of carbonyl (C=O) groups is 3. The van der Waals surface area contributed by atoms with Gasteiger partial charge in [0.25, 0.3) is 0 Å². The second-order valence-corrected chi connectivity index (χ2v) is 7.29. The topological polar surface area (TPSA) is 121 Å². The normalized spacial score (nSPS) is 12.4. The van der Waals surface area contributed by atoms with E-state index >= 15 is 0 Å². The SMILES string of the molecule is COc1c(-c2c(C)cc(O)c3c2C(=O)c2cccc(O)c2C3=O)ccc(O)c1C(C)=O. The predicted octanol–water partition coefficient (Wildman–Crippen LogP) is 3.77.